The zero-order valence-corrected chi connectivity index (χ0v) is 8.78. The van der Waals surface area contributed by atoms with E-state index in [9.17, 15) is 9.18 Å². The lowest BCUT2D eigenvalue weighted by Crippen LogP contribution is -2.38. The molecule has 2 rings (SSSR count). The lowest BCUT2D eigenvalue weighted by molar-refractivity contribution is 0.0696. The van der Waals surface area contributed by atoms with E-state index in [0.29, 0.717) is 13.2 Å². The maximum atomic E-state index is 12.8. The summed E-state index contributed by atoms with van der Waals surface area (Å²) in [6.07, 6.45) is 4.03. The molecule has 0 aromatic carbocycles. The monoisotopic (exact) mass is 224 g/mol. The summed E-state index contributed by atoms with van der Waals surface area (Å²) >= 11 is 0. The maximum absolute atomic E-state index is 12.8. The van der Waals surface area contributed by atoms with Crippen molar-refractivity contribution in [2.45, 2.75) is 18.9 Å². The number of halogens is 1. The van der Waals surface area contributed by atoms with Crippen molar-refractivity contribution in [1.29, 1.82) is 0 Å². The summed E-state index contributed by atoms with van der Waals surface area (Å²) in [6, 6.07) is 1.30. The van der Waals surface area contributed by atoms with Gasteiger partial charge in [0, 0.05) is 25.5 Å². The number of aromatic nitrogens is 1. The number of amides is 1. The van der Waals surface area contributed by atoms with Crippen LogP contribution >= 0.6 is 0 Å². The van der Waals surface area contributed by atoms with Crippen LogP contribution in [0.15, 0.2) is 18.5 Å². The van der Waals surface area contributed by atoms with Crippen molar-refractivity contribution in [3.63, 3.8) is 0 Å². The van der Waals surface area contributed by atoms with Crippen molar-refractivity contribution in [1.82, 2.24) is 10.3 Å². The fourth-order valence-electron chi connectivity index (χ4n) is 1.65. The molecule has 5 heteroatoms. The molecular formula is C11H13FN2O2. The third kappa shape index (κ3) is 2.76. The van der Waals surface area contributed by atoms with Crippen LogP contribution in [-0.4, -0.2) is 30.1 Å². The first-order valence-electron chi connectivity index (χ1n) is 5.25. The van der Waals surface area contributed by atoms with E-state index in [1.807, 2.05) is 0 Å². The predicted molar refractivity (Wildman–Crippen MR) is 55.5 cm³/mol. The van der Waals surface area contributed by atoms with E-state index < -0.39 is 5.82 Å². The molecule has 2 heterocycles. The Hall–Kier alpha value is -1.49. The third-order valence-corrected chi connectivity index (χ3v) is 2.52. The molecule has 0 unspecified atom stereocenters. The highest BCUT2D eigenvalue weighted by Crippen LogP contribution is 2.08. The van der Waals surface area contributed by atoms with Gasteiger partial charge >= 0.3 is 0 Å². The standard InChI is InChI=1S/C11H13FN2O2/c12-9-5-8(6-13-7-9)11(15)14-10-1-3-16-4-2-10/h5-7,10H,1-4H2,(H,14,15). The Morgan fingerprint density at radius 3 is 2.88 bits per heavy atom. The van der Waals surface area contributed by atoms with Crippen LogP contribution in [0.3, 0.4) is 0 Å². The molecular weight excluding hydrogens is 211 g/mol. The molecule has 0 aliphatic carbocycles. The Morgan fingerprint density at radius 1 is 1.44 bits per heavy atom. The van der Waals surface area contributed by atoms with Crippen molar-refractivity contribution in [2.75, 3.05) is 13.2 Å². The number of hydrogen-bond acceptors (Lipinski definition) is 3. The normalized spacial score (nSPS) is 17.1. The van der Waals surface area contributed by atoms with Gasteiger partial charge in [0.25, 0.3) is 5.91 Å². The van der Waals surface area contributed by atoms with Gasteiger partial charge in [-0.15, -0.1) is 0 Å². The third-order valence-electron chi connectivity index (χ3n) is 2.52. The molecule has 1 aliphatic heterocycles. The van der Waals surface area contributed by atoms with Crippen molar-refractivity contribution >= 4 is 5.91 Å². The van der Waals surface area contributed by atoms with Gasteiger partial charge in [0.05, 0.1) is 11.8 Å². The first-order valence-corrected chi connectivity index (χ1v) is 5.25. The van der Waals surface area contributed by atoms with E-state index in [1.54, 1.807) is 0 Å². The van der Waals surface area contributed by atoms with Gasteiger partial charge in [-0.2, -0.15) is 0 Å². The van der Waals surface area contributed by atoms with Crippen LogP contribution in [0.1, 0.15) is 23.2 Å². The van der Waals surface area contributed by atoms with E-state index >= 15 is 0 Å². The number of nitrogens with one attached hydrogen (secondary N) is 1. The van der Waals surface area contributed by atoms with Crippen LogP contribution in [0.4, 0.5) is 4.39 Å². The first kappa shape index (κ1) is 11.0. The van der Waals surface area contributed by atoms with Gasteiger partial charge in [0.2, 0.25) is 0 Å². The van der Waals surface area contributed by atoms with Crippen LogP contribution < -0.4 is 5.32 Å². The summed E-state index contributed by atoms with van der Waals surface area (Å²) in [7, 11) is 0. The van der Waals surface area contributed by atoms with Crippen LogP contribution in [0.2, 0.25) is 0 Å². The second kappa shape index (κ2) is 5.03. The van der Waals surface area contributed by atoms with Gasteiger partial charge in [0.1, 0.15) is 5.82 Å². The Labute approximate surface area is 92.8 Å². The highest BCUT2D eigenvalue weighted by molar-refractivity contribution is 5.94. The molecule has 0 bridgehead atoms. The van der Waals surface area contributed by atoms with Crippen molar-refractivity contribution < 1.29 is 13.9 Å². The molecule has 1 aliphatic rings. The first-order chi connectivity index (χ1) is 7.75. The molecule has 0 radical (unpaired) electrons. The largest absolute Gasteiger partial charge is 0.381 e. The van der Waals surface area contributed by atoms with Gasteiger partial charge in [-0.25, -0.2) is 4.39 Å². The molecule has 1 aromatic rings. The average molecular weight is 224 g/mol. The Bertz CT molecular complexity index is 378. The Balaban J connectivity index is 1.97. The molecule has 1 amide bonds. The van der Waals surface area contributed by atoms with Gasteiger partial charge in [-0.05, 0) is 18.9 Å². The highest BCUT2D eigenvalue weighted by Gasteiger charge is 2.17. The molecule has 1 fully saturated rings. The fourth-order valence-corrected chi connectivity index (χ4v) is 1.65. The van der Waals surface area contributed by atoms with Crippen molar-refractivity contribution in [3.8, 4) is 0 Å². The van der Waals surface area contributed by atoms with E-state index in [0.717, 1.165) is 19.0 Å². The topological polar surface area (TPSA) is 51.2 Å². The van der Waals surface area contributed by atoms with E-state index in [2.05, 4.69) is 10.3 Å². The van der Waals surface area contributed by atoms with Crippen LogP contribution in [0, 0.1) is 5.82 Å². The molecule has 86 valence electrons. The molecule has 0 spiro atoms. The lowest BCUT2D eigenvalue weighted by atomic mass is 10.1. The van der Waals surface area contributed by atoms with Crippen molar-refractivity contribution in [3.05, 3.63) is 29.8 Å². The lowest BCUT2D eigenvalue weighted by Gasteiger charge is -2.22. The molecule has 0 atom stereocenters. The molecule has 1 aromatic heterocycles. The Kier molecular flexibility index (Phi) is 3.46. The summed E-state index contributed by atoms with van der Waals surface area (Å²) < 4.78 is 18.0. The molecule has 1 saturated heterocycles. The number of carbonyl (C=O) groups excluding carboxylic acids is 1. The fraction of sp³-hybridized carbons (Fsp3) is 0.455. The van der Waals surface area contributed by atoms with Crippen molar-refractivity contribution in [2.24, 2.45) is 0 Å². The Morgan fingerprint density at radius 2 is 2.19 bits per heavy atom. The quantitative estimate of drug-likeness (QED) is 0.819. The summed E-state index contributed by atoms with van der Waals surface area (Å²) in [6.45, 7) is 1.32. The SMILES string of the molecule is O=C(NC1CCOCC1)c1cncc(F)c1. The van der Waals surface area contributed by atoms with Gasteiger partial charge in [-0.1, -0.05) is 0 Å². The molecule has 4 nitrogen and oxygen atoms in total. The number of nitrogens with zero attached hydrogens (tertiary/aromatic N) is 1. The predicted octanol–water partition coefficient (Wildman–Crippen LogP) is 1.13. The number of rotatable bonds is 2. The minimum absolute atomic E-state index is 0.115. The van der Waals surface area contributed by atoms with Crippen LogP contribution in [-0.2, 0) is 4.74 Å². The number of ether oxygens (including phenoxy) is 1. The summed E-state index contributed by atoms with van der Waals surface area (Å²) in [5.74, 6) is -0.779. The average Bonchev–Trinajstić information content (AvgIpc) is 2.30. The van der Waals surface area contributed by atoms with E-state index in [4.69, 9.17) is 4.74 Å². The van der Waals surface area contributed by atoms with Gasteiger partial charge in [-0.3, -0.25) is 9.78 Å². The molecule has 0 saturated carbocycles. The molecule has 16 heavy (non-hydrogen) atoms. The van der Waals surface area contributed by atoms with E-state index in [-0.39, 0.29) is 17.5 Å². The zero-order chi connectivity index (χ0) is 11.4. The number of hydrogen-bond donors (Lipinski definition) is 1. The second-order valence-corrected chi connectivity index (χ2v) is 3.75. The van der Waals surface area contributed by atoms with Gasteiger partial charge < -0.3 is 10.1 Å². The summed E-state index contributed by atoms with van der Waals surface area (Å²) in [5.41, 5.74) is 0.256. The zero-order valence-electron chi connectivity index (χ0n) is 8.78. The molecule has 1 N–H and O–H groups in total. The number of pyridine rings is 1. The summed E-state index contributed by atoms with van der Waals surface area (Å²) in [5, 5.41) is 2.84. The van der Waals surface area contributed by atoms with Crippen LogP contribution in [0.5, 0.6) is 0 Å². The van der Waals surface area contributed by atoms with Crippen LogP contribution in [0.25, 0.3) is 0 Å². The highest BCUT2D eigenvalue weighted by atomic mass is 19.1. The van der Waals surface area contributed by atoms with Gasteiger partial charge in [0.15, 0.2) is 0 Å². The smallest absolute Gasteiger partial charge is 0.253 e. The number of carbonyl (C=O) groups is 1. The minimum atomic E-state index is -0.500. The minimum Gasteiger partial charge on any atom is -0.381 e. The summed E-state index contributed by atoms with van der Waals surface area (Å²) in [4.78, 5) is 15.3. The maximum Gasteiger partial charge on any atom is 0.253 e. The second-order valence-electron chi connectivity index (χ2n) is 3.75. The van der Waals surface area contributed by atoms with E-state index in [1.165, 1.54) is 12.3 Å².